The largest absolute Gasteiger partial charge is 0.481 e. The van der Waals surface area contributed by atoms with Crippen LogP contribution in [0.4, 0.5) is 0 Å². The van der Waals surface area contributed by atoms with Crippen LogP contribution in [0.1, 0.15) is 32.3 Å². The number of rotatable bonds is 8. The lowest BCUT2D eigenvalue weighted by Gasteiger charge is -2.24. The van der Waals surface area contributed by atoms with Crippen LogP contribution >= 0.6 is 0 Å². The van der Waals surface area contributed by atoms with Crippen molar-refractivity contribution >= 4 is 11.9 Å². The van der Waals surface area contributed by atoms with Crippen LogP contribution in [0.15, 0.2) is 12.4 Å². The van der Waals surface area contributed by atoms with Crippen molar-refractivity contribution < 1.29 is 14.7 Å². The van der Waals surface area contributed by atoms with E-state index < -0.39 is 5.97 Å². The Labute approximate surface area is 119 Å². The number of nitrogens with zero attached hydrogens (tertiary/aromatic N) is 3. The molecule has 0 fully saturated rings. The SMILES string of the molecule is CC(C)CN(CCC(=O)O)C(=O)CCc1cnn(C)c1. The molecule has 1 heterocycles. The molecule has 6 nitrogen and oxygen atoms in total. The Morgan fingerprint density at radius 1 is 1.40 bits per heavy atom. The number of aryl methyl sites for hydroxylation is 2. The molecule has 0 aliphatic heterocycles. The molecule has 6 heteroatoms. The second-order valence-corrected chi connectivity index (χ2v) is 5.40. The molecule has 0 aliphatic rings. The maximum atomic E-state index is 12.2. The van der Waals surface area contributed by atoms with Gasteiger partial charge in [-0.15, -0.1) is 0 Å². The smallest absolute Gasteiger partial charge is 0.305 e. The zero-order valence-electron chi connectivity index (χ0n) is 12.4. The highest BCUT2D eigenvalue weighted by Gasteiger charge is 2.16. The van der Waals surface area contributed by atoms with Gasteiger partial charge in [0.2, 0.25) is 5.91 Å². The van der Waals surface area contributed by atoms with Gasteiger partial charge >= 0.3 is 5.97 Å². The van der Waals surface area contributed by atoms with Crippen molar-refractivity contribution in [2.45, 2.75) is 33.1 Å². The van der Waals surface area contributed by atoms with Crippen molar-refractivity contribution in [1.29, 1.82) is 0 Å². The molecule has 0 unspecified atom stereocenters. The van der Waals surface area contributed by atoms with Gasteiger partial charge in [-0.1, -0.05) is 13.8 Å². The maximum absolute atomic E-state index is 12.2. The average Bonchev–Trinajstić information content (AvgIpc) is 2.76. The second-order valence-electron chi connectivity index (χ2n) is 5.40. The highest BCUT2D eigenvalue weighted by Crippen LogP contribution is 2.07. The van der Waals surface area contributed by atoms with Crippen LogP contribution in [0, 0.1) is 5.92 Å². The van der Waals surface area contributed by atoms with E-state index >= 15 is 0 Å². The van der Waals surface area contributed by atoms with E-state index in [4.69, 9.17) is 5.11 Å². The first-order valence-corrected chi connectivity index (χ1v) is 6.85. The second kappa shape index (κ2) is 7.67. The minimum absolute atomic E-state index is 0.00352. The molecule has 112 valence electrons. The molecule has 20 heavy (non-hydrogen) atoms. The van der Waals surface area contributed by atoms with E-state index in [-0.39, 0.29) is 18.9 Å². The molecule has 1 rings (SSSR count). The first-order chi connectivity index (χ1) is 9.38. The standard InChI is InChI=1S/C14H23N3O3/c1-11(2)9-17(7-6-14(19)20)13(18)5-4-12-8-15-16(3)10-12/h8,10-11H,4-7,9H2,1-3H3,(H,19,20). The molecule has 1 aromatic heterocycles. The van der Waals surface area contributed by atoms with Gasteiger partial charge in [-0.2, -0.15) is 5.10 Å². The van der Waals surface area contributed by atoms with Crippen LogP contribution < -0.4 is 0 Å². The maximum Gasteiger partial charge on any atom is 0.305 e. The number of aliphatic carboxylic acids is 1. The Morgan fingerprint density at radius 3 is 2.60 bits per heavy atom. The Kier molecular flexibility index (Phi) is 6.21. The van der Waals surface area contributed by atoms with Gasteiger partial charge in [-0.3, -0.25) is 14.3 Å². The first kappa shape index (κ1) is 16.2. The van der Waals surface area contributed by atoms with Crippen molar-refractivity contribution in [3.63, 3.8) is 0 Å². The van der Waals surface area contributed by atoms with E-state index in [2.05, 4.69) is 5.10 Å². The summed E-state index contributed by atoms with van der Waals surface area (Å²) in [4.78, 5) is 24.5. The molecular formula is C14H23N3O3. The van der Waals surface area contributed by atoms with Gasteiger partial charge in [0.05, 0.1) is 12.6 Å². The summed E-state index contributed by atoms with van der Waals surface area (Å²) in [6.45, 7) is 4.91. The number of hydrogen-bond donors (Lipinski definition) is 1. The fraction of sp³-hybridized carbons (Fsp3) is 0.643. The van der Waals surface area contributed by atoms with Crippen molar-refractivity contribution in [1.82, 2.24) is 14.7 Å². The van der Waals surface area contributed by atoms with Crippen LogP contribution in [-0.4, -0.2) is 44.8 Å². The molecule has 0 saturated carbocycles. The Bertz CT molecular complexity index is 454. The van der Waals surface area contributed by atoms with E-state index in [0.29, 0.717) is 25.3 Å². The van der Waals surface area contributed by atoms with E-state index in [1.165, 1.54) is 0 Å². The zero-order chi connectivity index (χ0) is 15.1. The summed E-state index contributed by atoms with van der Waals surface area (Å²) >= 11 is 0. The van der Waals surface area contributed by atoms with E-state index in [9.17, 15) is 9.59 Å². The van der Waals surface area contributed by atoms with Crippen LogP contribution in [-0.2, 0) is 23.1 Å². The third-order valence-electron chi connectivity index (χ3n) is 2.92. The van der Waals surface area contributed by atoms with Crippen molar-refractivity contribution in [2.24, 2.45) is 13.0 Å². The van der Waals surface area contributed by atoms with Gasteiger partial charge in [0.1, 0.15) is 0 Å². The van der Waals surface area contributed by atoms with Crippen molar-refractivity contribution in [2.75, 3.05) is 13.1 Å². The molecule has 0 aromatic carbocycles. The number of carbonyl (C=O) groups excluding carboxylic acids is 1. The van der Waals surface area contributed by atoms with Crippen molar-refractivity contribution in [3.8, 4) is 0 Å². The van der Waals surface area contributed by atoms with Gasteiger partial charge in [0, 0.05) is 32.8 Å². The molecule has 1 N–H and O–H groups in total. The fourth-order valence-electron chi connectivity index (χ4n) is 2.00. The fourth-order valence-corrected chi connectivity index (χ4v) is 2.00. The summed E-state index contributed by atoms with van der Waals surface area (Å²) in [6.07, 6.45) is 4.65. The molecule has 1 amide bonds. The van der Waals surface area contributed by atoms with Gasteiger partial charge < -0.3 is 10.0 Å². The molecule has 0 spiro atoms. The lowest BCUT2D eigenvalue weighted by atomic mass is 10.1. The summed E-state index contributed by atoms with van der Waals surface area (Å²) in [5, 5.41) is 12.8. The van der Waals surface area contributed by atoms with Gasteiger partial charge in [-0.25, -0.2) is 0 Å². The lowest BCUT2D eigenvalue weighted by Crippen LogP contribution is -2.36. The molecule has 1 aromatic rings. The minimum Gasteiger partial charge on any atom is -0.481 e. The summed E-state index contributed by atoms with van der Waals surface area (Å²) in [5.74, 6) is -0.547. The Hall–Kier alpha value is -1.85. The number of aromatic nitrogens is 2. The molecule has 0 radical (unpaired) electrons. The monoisotopic (exact) mass is 281 g/mol. The topological polar surface area (TPSA) is 75.4 Å². The number of hydrogen-bond acceptors (Lipinski definition) is 3. The van der Waals surface area contributed by atoms with Crippen LogP contribution in [0.3, 0.4) is 0 Å². The van der Waals surface area contributed by atoms with Gasteiger partial charge in [0.25, 0.3) is 0 Å². The predicted octanol–water partition coefficient (Wildman–Crippen LogP) is 1.31. The summed E-state index contributed by atoms with van der Waals surface area (Å²) < 4.78 is 1.70. The van der Waals surface area contributed by atoms with Crippen LogP contribution in [0.2, 0.25) is 0 Å². The summed E-state index contributed by atoms with van der Waals surface area (Å²) in [7, 11) is 1.84. The Morgan fingerprint density at radius 2 is 2.10 bits per heavy atom. The van der Waals surface area contributed by atoms with Gasteiger partial charge in [-0.05, 0) is 17.9 Å². The third-order valence-corrected chi connectivity index (χ3v) is 2.92. The average molecular weight is 281 g/mol. The van der Waals surface area contributed by atoms with E-state index in [1.54, 1.807) is 15.8 Å². The highest BCUT2D eigenvalue weighted by atomic mass is 16.4. The number of carbonyl (C=O) groups is 2. The van der Waals surface area contributed by atoms with Crippen molar-refractivity contribution in [3.05, 3.63) is 18.0 Å². The normalized spacial score (nSPS) is 10.8. The quantitative estimate of drug-likeness (QED) is 0.779. The third kappa shape index (κ3) is 5.86. The molecule has 0 aliphatic carbocycles. The first-order valence-electron chi connectivity index (χ1n) is 6.85. The molecule has 0 atom stereocenters. The lowest BCUT2D eigenvalue weighted by molar-refractivity contribution is -0.138. The predicted molar refractivity (Wildman–Crippen MR) is 75.2 cm³/mol. The Balaban J connectivity index is 2.50. The van der Waals surface area contributed by atoms with E-state index in [0.717, 1.165) is 5.56 Å². The zero-order valence-corrected chi connectivity index (χ0v) is 12.4. The minimum atomic E-state index is -0.876. The van der Waals surface area contributed by atoms with Gasteiger partial charge in [0.15, 0.2) is 0 Å². The molecular weight excluding hydrogens is 258 g/mol. The van der Waals surface area contributed by atoms with E-state index in [1.807, 2.05) is 27.1 Å². The summed E-state index contributed by atoms with van der Waals surface area (Å²) in [6, 6.07) is 0. The highest BCUT2D eigenvalue weighted by molar-refractivity contribution is 5.77. The van der Waals surface area contributed by atoms with Crippen LogP contribution in [0.25, 0.3) is 0 Å². The summed E-state index contributed by atoms with van der Waals surface area (Å²) in [5.41, 5.74) is 1.02. The number of carboxylic acids is 1. The molecule has 0 bridgehead atoms. The molecule has 0 saturated heterocycles. The van der Waals surface area contributed by atoms with Crippen LogP contribution in [0.5, 0.6) is 0 Å². The number of amides is 1. The number of carboxylic acid groups (broad SMARTS) is 1.